The van der Waals surface area contributed by atoms with Crippen molar-refractivity contribution >= 4 is 11.6 Å². The van der Waals surface area contributed by atoms with Crippen LogP contribution in [0.15, 0.2) is 41.1 Å². The molecule has 0 amide bonds. The van der Waals surface area contributed by atoms with Crippen molar-refractivity contribution in [3.8, 4) is 11.5 Å². The van der Waals surface area contributed by atoms with Gasteiger partial charge in [-0.2, -0.15) is 0 Å². The van der Waals surface area contributed by atoms with E-state index in [-0.39, 0.29) is 0 Å². The fourth-order valence-electron chi connectivity index (χ4n) is 0.946. The van der Waals surface area contributed by atoms with Gasteiger partial charge in [-0.15, -0.1) is 0 Å². The molecule has 2 aromatic heterocycles. The molecular weight excluding hydrogens is 174 g/mol. The number of rotatable bonds is 1. The molecule has 0 spiro atoms. The van der Waals surface area contributed by atoms with E-state index in [1.165, 1.54) is 0 Å². The van der Waals surface area contributed by atoms with Gasteiger partial charge in [0.2, 0.25) is 0 Å². The highest BCUT2D eigenvalue weighted by molar-refractivity contribution is 6.30. The van der Waals surface area contributed by atoms with Gasteiger partial charge < -0.3 is 4.42 Å². The summed E-state index contributed by atoms with van der Waals surface area (Å²) >= 11 is 5.68. The van der Waals surface area contributed by atoms with Gasteiger partial charge >= 0.3 is 0 Å². The SMILES string of the molecule is Clc1ccc(-c2ccco2)nc1. The van der Waals surface area contributed by atoms with Gasteiger partial charge in [0.1, 0.15) is 5.69 Å². The molecule has 60 valence electrons. The second-order valence-electron chi connectivity index (χ2n) is 2.34. The summed E-state index contributed by atoms with van der Waals surface area (Å²) < 4.78 is 5.15. The summed E-state index contributed by atoms with van der Waals surface area (Å²) in [6.07, 6.45) is 3.21. The lowest BCUT2D eigenvalue weighted by atomic mass is 10.3. The topological polar surface area (TPSA) is 26.0 Å². The van der Waals surface area contributed by atoms with E-state index in [1.54, 1.807) is 18.5 Å². The average Bonchev–Trinajstić information content (AvgIpc) is 2.58. The van der Waals surface area contributed by atoms with E-state index >= 15 is 0 Å². The van der Waals surface area contributed by atoms with Crippen LogP contribution in [0.1, 0.15) is 0 Å². The van der Waals surface area contributed by atoms with Crippen LogP contribution in [-0.4, -0.2) is 4.98 Å². The molecule has 0 saturated heterocycles. The van der Waals surface area contributed by atoms with Gasteiger partial charge in [-0.1, -0.05) is 11.6 Å². The molecule has 0 radical (unpaired) electrons. The van der Waals surface area contributed by atoms with E-state index < -0.39 is 0 Å². The predicted octanol–water partition coefficient (Wildman–Crippen LogP) is 3.00. The van der Waals surface area contributed by atoms with Gasteiger partial charge in [-0.3, -0.25) is 4.98 Å². The molecule has 0 unspecified atom stereocenters. The second kappa shape index (κ2) is 2.99. The predicted molar refractivity (Wildman–Crippen MR) is 46.9 cm³/mol. The maximum Gasteiger partial charge on any atom is 0.152 e. The Morgan fingerprint density at radius 2 is 2.17 bits per heavy atom. The fourth-order valence-corrected chi connectivity index (χ4v) is 1.06. The molecule has 2 heterocycles. The van der Waals surface area contributed by atoms with Crippen molar-refractivity contribution in [3.63, 3.8) is 0 Å². The van der Waals surface area contributed by atoms with Crippen LogP contribution in [0.2, 0.25) is 5.02 Å². The largest absolute Gasteiger partial charge is 0.463 e. The van der Waals surface area contributed by atoms with Gasteiger partial charge in [0.15, 0.2) is 5.76 Å². The average molecular weight is 180 g/mol. The third-order valence-electron chi connectivity index (χ3n) is 1.50. The summed E-state index contributed by atoms with van der Waals surface area (Å²) in [7, 11) is 0. The van der Waals surface area contributed by atoms with E-state index in [4.69, 9.17) is 16.0 Å². The Hall–Kier alpha value is -1.28. The van der Waals surface area contributed by atoms with Crippen molar-refractivity contribution in [1.29, 1.82) is 0 Å². The number of halogens is 1. The van der Waals surface area contributed by atoms with Crippen molar-refractivity contribution in [1.82, 2.24) is 4.98 Å². The van der Waals surface area contributed by atoms with E-state index in [2.05, 4.69) is 4.98 Å². The zero-order valence-electron chi connectivity index (χ0n) is 6.20. The highest BCUT2D eigenvalue weighted by Gasteiger charge is 1.99. The molecule has 0 aliphatic carbocycles. The van der Waals surface area contributed by atoms with Crippen LogP contribution in [0.4, 0.5) is 0 Å². The summed E-state index contributed by atoms with van der Waals surface area (Å²) in [5.41, 5.74) is 0.796. The normalized spacial score (nSPS) is 10.1. The number of nitrogens with zero attached hydrogens (tertiary/aromatic N) is 1. The monoisotopic (exact) mass is 179 g/mol. The molecule has 0 aliphatic heterocycles. The summed E-state index contributed by atoms with van der Waals surface area (Å²) in [5.74, 6) is 0.756. The highest BCUT2D eigenvalue weighted by Crippen LogP contribution is 2.18. The van der Waals surface area contributed by atoms with Gasteiger partial charge in [0.25, 0.3) is 0 Å². The molecule has 0 fully saturated rings. The minimum atomic E-state index is 0.630. The lowest BCUT2D eigenvalue weighted by molar-refractivity contribution is 0.580. The Kier molecular flexibility index (Phi) is 1.84. The quantitative estimate of drug-likeness (QED) is 0.673. The summed E-state index contributed by atoms with van der Waals surface area (Å²) in [6.45, 7) is 0. The van der Waals surface area contributed by atoms with E-state index in [1.807, 2.05) is 18.2 Å². The number of hydrogen-bond donors (Lipinski definition) is 0. The molecule has 0 aliphatic rings. The van der Waals surface area contributed by atoms with Crippen LogP contribution in [0.3, 0.4) is 0 Å². The molecule has 3 heteroatoms. The first-order valence-corrected chi connectivity index (χ1v) is 3.89. The third kappa shape index (κ3) is 1.34. The van der Waals surface area contributed by atoms with Gasteiger partial charge in [-0.25, -0.2) is 0 Å². The number of furan rings is 1. The standard InChI is InChI=1S/C9H6ClNO/c10-7-3-4-8(11-6-7)9-2-1-5-12-9/h1-6H. The van der Waals surface area contributed by atoms with Gasteiger partial charge in [0, 0.05) is 6.20 Å². The molecule has 2 nitrogen and oxygen atoms in total. The maximum atomic E-state index is 5.68. The van der Waals surface area contributed by atoms with Crippen LogP contribution in [-0.2, 0) is 0 Å². The molecule has 2 rings (SSSR count). The second-order valence-corrected chi connectivity index (χ2v) is 2.78. The third-order valence-corrected chi connectivity index (χ3v) is 1.72. The number of pyridine rings is 1. The van der Waals surface area contributed by atoms with Crippen molar-refractivity contribution in [3.05, 3.63) is 41.7 Å². The number of hydrogen-bond acceptors (Lipinski definition) is 2. The van der Waals surface area contributed by atoms with Crippen molar-refractivity contribution in [2.75, 3.05) is 0 Å². The Morgan fingerprint density at radius 3 is 2.75 bits per heavy atom. The Balaban J connectivity index is 2.43. The molecule has 0 bridgehead atoms. The molecule has 0 N–H and O–H groups in total. The summed E-state index contributed by atoms with van der Waals surface area (Å²) in [6, 6.07) is 7.29. The first-order valence-electron chi connectivity index (χ1n) is 3.52. The van der Waals surface area contributed by atoms with Crippen LogP contribution in [0, 0.1) is 0 Å². The van der Waals surface area contributed by atoms with Crippen molar-refractivity contribution < 1.29 is 4.42 Å². The minimum absolute atomic E-state index is 0.630. The zero-order chi connectivity index (χ0) is 8.39. The fraction of sp³-hybridized carbons (Fsp3) is 0. The lowest BCUT2D eigenvalue weighted by Gasteiger charge is -1.94. The summed E-state index contributed by atoms with van der Waals surface area (Å²) in [5, 5.41) is 0.630. The Bertz CT molecular complexity index is 353. The lowest BCUT2D eigenvalue weighted by Crippen LogP contribution is -1.78. The van der Waals surface area contributed by atoms with Crippen LogP contribution >= 0.6 is 11.6 Å². The maximum absolute atomic E-state index is 5.68. The van der Waals surface area contributed by atoms with E-state index in [0.717, 1.165) is 11.5 Å². The summed E-state index contributed by atoms with van der Waals surface area (Å²) in [4.78, 5) is 4.10. The molecular formula is C9H6ClNO. The van der Waals surface area contributed by atoms with E-state index in [0.29, 0.717) is 5.02 Å². The van der Waals surface area contributed by atoms with Crippen LogP contribution in [0.25, 0.3) is 11.5 Å². The van der Waals surface area contributed by atoms with Crippen LogP contribution in [0.5, 0.6) is 0 Å². The first kappa shape index (κ1) is 7.37. The molecule has 2 aromatic rings. The van der Waals surface area contributed by atoms with Gasteiger partial charge in [-0.05, 0) is 24.3 Å². The Labute approximate surface area is 74.8 Å². The Morgan fingerprint density at radius 1 is 1.25 bits per heavy atom. The zero-order valence-corrected chi connectivity index (χ0v) is 6.95. The molecule has 12 heavy (non-hydrogen) atoms. The molecule has 0 saturated carbocycles. The van der Waals surface area contributed by atoms with Gasteiger partial charge in [0.05, 0.1) is 11.3 Å². The molecule has 0 atom stereocenters. The van der Waals surface area contributed by atoms with E-state index in [9.17, 15) is 0 Å². The van der Waals surface area contributed by atoms with Crippen molar-refractivity contribution in [2.45, 2.75) is 0 Å². The number of aromatic nitrogens is 1. The molecule has 0 aromatic carbocycles. The first-order chi connectivity index (χ1) is 5.86. The smallest absolute Gasteiger partial charge is 0.152 e. The minimum Gasteiger partial charge on any atom is -0.463 e. The highest BCUT2D eigenvalue weighted by atomic mass is 35.5. The van der Waals surface area contributed by atoms with Crippen molar-refractivity contribution in [2.24, 2.45) is 0 Å². The van der Waals surface area contributed by atoms with Crippen LogP contribution < -0.4 is 0 Å².